The molecule has 1 heterocycles. The molecule has 0 spiro atoms. The first-order chi connectivity index (χ1) is 14.2. The SMILES string of the molecule is COc1ccccc1O[C@H](C)C(=O)N(Cc1c(F)cccc1Cl)[C@@H]1CCS(=O)(=O)C1. The average Bonchev–Trinajstić information content (AvgIpc) is 3.07. The van der Waals surface area contributed by atoms with E-state index in [1.807, 2.05) is 0 Å². The van der Waals surface area contributed by atoms with Crippen molar-refractivity contribution in [1.29, 1.82) is 0 Å². The predicted molar refractivity (Wildman–Crippen MR) is 112 cm³/mol. The van der Waals surface area contributed by atoms with Crippen molar-refractivity contribution in [2.75, 3.05) is 18.6 Å². The van der Waals surface area contributed by atoms with E-state index < -0.39 is 33.7 Å². The molecule has 1 saturated heterocycles. The molecule has 1 amide bonds. The van der Waals surface area contributed by atoms with Gasteiger partial charge in [-0.15, -0.1) is 0 Å². The van der Waals surface area contributed by atoms with Gasteiger partial charge in [-0.2, -0.15) is 0 Å². The van der Waals surface area contributed by atoms with Crippen molar-refractivity contribution in [3.05, 3.63) is 58.9 Å². The maximum absolute atomic E-state index is 14.4. The molecule has 0 aromatic heterocycles. The first-order valence-electron chi connectivity index (χ1n) is 9.45. The van der Waals surface area contributed by atoms with Crippen molar-refractivity contribution in [3.63, 3.8) is 0 Å². The number of rotatable bonds is 7. The van der Waals surface area contributed by atoms with Gasteiger partial charge in [-0.1, -0.05) is 29.8 Å². The van der Waals surface area contributed by atoms with Crippen molar-refractivity contribution in [1.82, 2.24) is 4.90 Å². The Bertz CT molecular complexity index is 1010. The number of para-hydroxylation sites is 2. The van der Waals surface area contributed by atoms with Crippen LogP contribution in [0, 0.1) is 5.82 Å². The maximum Gasteiger partial charge on any atom is 0.263 e. The van der Waals surface area contributed by atoms with Gasteiger partial charge in [0.1, 0.15) is 5.82 Å². The molecule has 0 aliphatic carbocycles. The van der Waals surface area contributed by atoms with E-state index >= 15 is 0 Å². The molecule has 1 aliphatic rings. The summed E-state index contributed by atoms with van der Waals surface area (Å²) in [5.74, 6) is -0.366. The van der Waals surface area contributed by atoms with E-state index in [9.17, 15) is 17.6 Å². The first-order valence-corrected chi connectivity index (χ1v) is 11.6. The van der Waals surface area contributed by atoms with E-state index in [1.54, 1.807) is 31.2 Å². The van der Waals surface area contributed by atoms with Gasteiger partial charge in [-0.3, -0.25) is 4.79 Å². The van der Waals surface area contributed by atoms with E-state index in [1.165, 1.54) is 30.2 Å². The van der Waals surface area contributed by atoms with E-state index in [0.717, 1.165) is 0 Å². The van der Waals surface area contributed by atoms with Crippen LogP contribution >= 0.6 is 11.6 Å². The van der Waals surface area contributed by atoms with Crippen LogP contribution in [0.1, 0.15) is 18.9 Å². The van der Waals surface area contributed by atoms with Gasteiger partial charge in [0, 0.05) is 16.6 Å². The van der Waals surface area contributed by atoms with Gasteiger partial charge in [0.2, 0.25) is 0 Å². The van der Waals surface area contributed by atoms with E-state index in [0.29, 0.717) is 11.5 Å². The number of amides is 1. The van der Waals surface area contributed by atoms with Gasteiger partial charge in [-0.05, 0) is 37.6 Å². The standard InChI is InChI=1S/C21H23ClFNO5S/c1-14(29-20-9-4-3-8-19(20)28-2)21(25)24(15-10-11-30(26,27)13-15)12-16-17(22)6-5-7-18(16)23/h3-9,14-15H,10-13H2,1-2H3/t14-,15-/m1/s1. The number of carbonyl (C=O) groups is 1. The Labute approximate surface area is 180 Å². The summed E-state index contributed by atoms with van der Waals surface area (Å²) < 4.78 is 49.4. The van der Waals surface area contributed by atoms with Crippen LogP contribution in [-0.4, -0.2) is 50.0 Å². The Morgan fingerprint density at radius 2 is 1.93 bits per heavy atom. The van der Waals surface area contributed by atoms with Crippen LogP contribution in [0.3, 0.4) is 0 Å². The Morgan fingerprint density at radius 3 is 2.53 bits per heavy atom. The second-order valence-electron chi connectivity index (χ2n) is 7.13. The molecule has 9 heteroatoms. The normalized spacial score (nSPS) is 18.6. The largest absolute Gasteiger partial charge is 0.493 e. The van der Waals surface area contributed by atoms with Crippen LogP contribution in [0.4, 0.5) is 4.39 Å². The maximum atomic E-state index is 14.4. The molecular weight excluding hydrogens is 433 g/mol. The van der Waals surface area contributed by atoms with E-state index in [-0.39, 0.29) is 35.1 Å². The minimum absolute atomic E-state index is 0.0196. The van der Waals surface area contributed by atoms with Gasteiger partial charge in [-0.25, -0.2) is 12.8 Å². The van der Waals surface area contributed by atoms with Gasteiger partial charge < -0.3 is 14.4 Å². The molecule has 2 atom stereocenters. The van der Waals surface area contributed by atoms with Crippen LogP contribution in [0.5, 0.6) is 11.5 Å². The first kappa shape index (κ1) is 22.4. The minimum Gasteiger partial charge on any atom is -0.493 e. The summed E-state index contributed by atoms with van der Waals surface area (Å²) in [6, 6.07) is 10.6. The number of benzene rings is 2. The highest BCUT2D eigenvalue weighted by Gasteiger charge is 2.37. The summed E-state index contributed by atoms with van der Waals surface area (Å²) in [6.45, 7) is 1.42. The van der Waals surface area contributed by atoms with Crippen molar-refractivity contribution in [2.45, 2.75) is 32.0 Å². The molecule has 0 saturated carbocycles. The summed E-state index contributed by atoms with van der Waals surface area (Å²) in [5, 5.41) is 0.173. The number of nitrogens with zero attached hydrogens (tertiary/aromatic N) is 1. The molecular formula is C21H23ClFNO5S. The van der Waals surface area contributed by atoms with Crippen molar-refractivity contribution >= 4 is 27.3 Å². The molecule has 0 unspecified atom stereocenters. The molecule has 2 aromatic carbocycles. The van der Waals surface area contributed by atoms with Gasteiger partial charge in [0.05, 0.1) is 25.2 Å². The summed E-state index contributed by atoms with van der Waals surface area (Å²) >= 11 is 6.15. The number of methoxy groups -OCH3 is 1. The highest BCUT2D eigenvalue weighted by molar-refractivity contribution is 7.91. The lowest BCUT2D eigenvalue weighted by Gasteiger charge is -2.31. The van der Waals surface area contributed by atoms with Crippen LogP contribution in [0.2, 0.25) is 5.02 Å². The number of halogens is 2. The Kier molecular flexibility index (Phi) is 6.88. The molecule has 2 aromatic rings. The Hall–Kier alpha value is -2.32. The zero-order valence-electron chi connectivity index (χ0n) is 16.7. The number of carbonyl (C=O) groups excluding carboxylic acids is 1. The van der Waals surface area contributed by atoms with Crippen LogP contribution in [0.25, 0.3) is 0 Å². The minimum atomic E-state index is -3.26. The third kappa shape index (κ3) is 5.05. The van der Waals surface area contributed by atoms with Crippen molar-refractivity contribution in [2.24, 2.45) is 0 Å². The topological polar surface area (TPSA) is 72.9 Å². The molecule has 1 fully saturated rings. The fraction of sp³-hybridized carbons (Fsp3) is 0.381. The van der Waals surface area contributed by atoms with Gasteiger partial charge in [0.25, 0.3) is 5.91 Å². The second kappa shape index (κ2) is 9.22. The van der Waals surface area contributed by atoms with Crippen molar-refractivity contribution in [3.8, 4) is 11.5 Å². The summed E-state index contributed by atoms with van der Waals surface area (Å²) in [4.78, 5) is 14.6. The lowest BCUT2D eigenvalue weighted by atomic mass is 10.1. The number of hydrogen-bond donors (Lipinski definition) is 0. The van der Waals surface area contributed by atoms with Crippen molar-refractivity contribution < 1.29 is 27.1 Å². The zero-order valence-corrected chi connectivity index (χ0v) is 18.2. The molecule has 162 valence electrons. The van der Waals surface area contributed by atoms with E-state index in [2.05, 4.69) is 0 Å². The number of hydrogen-bond acceptors (Lipinski definition) is 5. The molecule has 6 nitrogen and oxygen atoms in total. The lowest BCUT2D eigenvalue weighted by Crippen LogP contribution is -2.46. The quantitative estimate of drug-likeness (QED) is 0.639. The average molecular weight is 456 g/mol. The molecule has 30 heavy (non-hydrogen) atoms. The number of ether oxygens (including phenoxy) is 2. The molecule has 3 rings (SSSR count). The van der Waals surface area contributed by atoms with Crippen LogP contribution in [-0.2, 0) is 21.2 Å². The summed E-state index contributed by atoms with van der Waals surface area (Å²) in [5.41, 5.74) is 0.140. The molecule has 0 radical (unpaired) electrons. The third-order valence-corrected chi connectivity index (χ3v) is 7.15. The molecule has 1 aliphatic heterocycles. The third-order valence-electron chi connectivity index (χ3n) is 5.04. The van der Waals surface area contributed by atoms with Crippen LogP contribution in [0.15, 0.2) is 42.5 Å². The molecule has 0 N–H and O–H groups in total. The zero-order chi connectivity index (χ0) is 21.9. The molecule has 0 bridgehead atoms. The smallest absolute Gasteiger partial charge is 0.263 e. The van der Waals surface area contributed by atoms with E-state index in [4.69, 9.17) is 21.1 Å². The number of sulfone groups is 1. The second-order valence-corrected chi connectivity index (χ2v) is 9.77. The predicted octanol–water partition coefficient (Wildman–Crippen LogP) is 3.47. The Morgan fingerprint density at radius 1 is 1.23 bits per heavy atom. The fourth-order valence-electron chi connectivity index (χ4n) is 3.45. The Balaban J connectivity index is 1.88. The van der Waals surface area contributed by atoms with Gasteiger partial charge >= 0.3 is 0 Å². The fourth-order valence-corrected chi connectivity index (χ4v) is 5.41. The van der Waals surface area contributed by atoms with Crippen LogP contribution < -0.4 is 9.47 Å². The van der Waals surface area contributed by atoms with Gasteiger partial charge in [0.15, 0.2) is 27.4 Å². The lowest BCUT2D eigenvalue weighted by molar-refractivity contribution is -0.140. The summed E-state index contributed by atoms with van der Waals surface area (Å²) in [6.07, 6.45) is -0.670. The summed E-state index contributed by atoms with van der Waals surface area (Å²) in [7, 11) is -1.77. The highest BCUT2D eigenvalue weighted by Crippen LogP contribution is 2.29. The highest BCUT2D eigenvalue weighted by atomic mass is 35.5. The monoisotopic (exact) mass is 455 g/mol.